The standard InChI is InChI=1S/C16H16S2/c1-9-5-13-14-6-10(2)12(4)8-16(14)18-17-15(13)7-11(9)3/h5-8H,1-4H3. The van der Waals surface area contributed by atoms with Gasteiger partial charge >= 0.3 is 0 Å². The van der Waals surface area contributed by atoms with Crippen molar-refractivity contribution < 1.29 is 0 Å². The highest BCUT2D eigenvalue weighted by Crippen LogP contribution is 2.52. The van der Waals surface area contributed by atoms with Gasteiger partial charge in [-0.05, 0) is 85.3 Å². The highest BCUT2D eigenvalue weighted by molar-refractivity contribution is 8.76. The molecule has 2 aromatic carbocycles. The Morgan fingerprint density at radius 3 is 1.28 bits per heavy atom. The second-order valence-electron chi connectivity index (χ2n) is 5.03. The molecule has 0 N–H and O–H groups in total. The number of hydrogen-bond donors (Lipinski definition) is 0. The predicted molar refractivity (Wildman–Crippen MR) is 82.5 cm³/mol. The summed E-state index contributed by atoms with van der Waals surface area (Å²) in [4.78, 5) is 2.80. The minimum absolute atomic E-state index is 1.38. The Kier molecular flexibility index (Phi) is 2.95. The van der Waals surface area contributed by atoms with Crippen molar-refractivity contribution in [3.8, 4) is 11.1 Å². The maximum Gasteiger partial charge on any atom is 0.0268 e. The van der Waals surface area contributed by atoms with Crippen LogP contribution in [-0.4, -0.2) is 0 Å². The minimum Gasteiger partial charge on any atom is -0.0519 e. The van der Waals surface area contributed by atoms with Gasteiger partial charge in [-0.15, -0.1) is 0 Å². The zero-order valence-corrected chi connectivity index (χ0v) is 12.8. The van der Waals surface area contributed by atoms with Crippen LogP contribution in [0.5, 0.6) is 0 Å². The fourth-order valence-electron chi connectivity index (χ4n) is 2.23. The lowest BCUT2D eigenvalue weighted by molar-refractivity contribution is 1.24. The van der Waals surface area contributed by atoms with E-state index in [1.54, 1.807) is 0 Å². The molecule has 0 atom stereocenters. The molecule has 1 aliphatic rings. The molecule has 0 unspecified atom stereocenters. The summed E-state index contributed by atoms with van der Waals surface area (Å²) in [6, 6.07) is 9.32. The van der Waals surface area contributed by atoms with Crippen molar-refractivity contribution in [2.75, 3.05) is 0 Å². The van der Waals surface area contributed by atoms with E-state index in [9.17, 15) is 0 Å². The fraction of sp³-hybridized carbons (Fsp3) is 0.250. The number of rotatable bonds is 0. The summed E-state index contributed by atoms with van der Waals surface area (Å²) in [5, 5.41) is 0. The molecule has 1 aliphatic heterocycles. The first-order valence-corrected chi connectivity index (χ1v) is 8.28. The van der Waals surface area contributed by atoms with Gasteiger partial charge in [-0.25, -0.2) is 0 Å². The molecule has 0 spiro atoms. The molecule has 1 heterocycles. The minimum atomic E-state index is 1.38. The quantitative estimate of drug-likeness (QED) is 0.564. The van der Waals surface area contributed by atoms with Crippen LogP contribution >= 0.6 is 21.6 Å². The summed E-state index contributed by atoms with van der Waals surface area (Å²) in [5.41, 5.74) is 8.33. The molecule has 0 nitrogen and oxygen atoms in total. The summed E-state index contributed by atoms with van der Waals surface area (Å²) in [6.07, 6.45) is 0. The van der Waals surface area contributed by atoms with Gasteiger partial charge in [-0.2, -0.15) is 0 Å². The van der Waals surface area contributed by atoms with Gasteiger partial charge < -0.3 is 0 Å². The zero-order valence-electron chi connectivity index (χ0n) is 11.1. The van der Waals surface area contributed by atoms with Crippen molar-refractivity contribution in [2.24, 2.45) is 0 Å². The summed E-state index contributed by atoms with van der Waals surface area (Å²) in [5.74, 6) is 0. The van der Waals surface area contributed by atoms with E-state index in [4.69, 9.17) is 0 Å². The van der Waals surface area contributed by atoms with Gasteiger partial charge in [0.15, 0.2) is 0 Å². The van der Waals surface area contributed by atoms with E-state index in [0.717, 1.165) is 0 Å². The van der Waals surface area contributed by atoms with Crippen molar-refractivity contribution in [3.63, 3.8) is 0 Å². The van der Waals surface area contributed by atoms with E-state index in [2.05, 4.69) is 52.0 Å². The Labute approximate surface area is 117 Å². The molecular formula is C16H16S2. The summed E-state index contributed by atoms with van der Waals surface area (Å²) >= 11 is 0. The molecule has 0 bridgehead atoms. The average molecular weight is 272 g/mol. The van der Waals surface area contributed by atoms with Crippen molar-refractivity contribution in [1.29, 1.82) is 0 Å². The van der Waals surface area contributed by atoms with Crippen LogP contribution < -0.4 is 0 Å². The number of hydrogen-bond acceptors (Lipinski definition) is 2. The molecule has 2 aromatic rings. The fourth-order valence-corrected chi connectivity index (χ4v) is 4.74. The largest absolute Gasteiger partial charge is 0.0519 e. The second-order valence-corrected chi connectivity index (χ2v) is 7.24. The second kappa shape index (κ2) is 4.36. The lowest BCUT2D eigenvalue weighted by Gasteiger charge is -2.21. The van der Waals surface area contributed by atoms with Crippen LogP contribution in [-0.2, 0) is 0 Å². The molecule has 0 aromatic heterocycles. The Hall–Kier alpha value is -0.860. The monoisotopic (exact) mass is 272 g/mol. The third kappa shape index (κ3) is 1.88. The number of fused-ring (bicyclic) bond motifs is 3. The van der Waals surface area contributed by atoms with E-state index in [1.807, 2.05) is 21.6 Å². The third-order valence-electron chi connectivity index (χ3n) is 3.70. The van der Waals surface area contributed by atoms with Gasteiger partial charge in [-0.1, -0.05) is 21.6 Å². The van der Waals surface area contributed by atoms with Crippen LogP contribution in [0.2, 0.25) is 0 Å². The maximum atomic E-state index is 2.34. The highest BCUT2D eigenvalue weighted by Gasteiger charge is 2.19. The number of aryl methyl sites for hydroxylation is 4. The number of benzene rings is 2. The van der Waals surface area contributed by atoms with Crippen LogP contribution in [0.3, 0.4) is 0 Å². The summed E-state index contributed by atoms with van der Waals surface area (Å²) in [7, 11) is 3.77. The molecule has 0 radical (unpaired) electrons. The molecule has 0 fully saturated rings. The van der Waals surface area contributed by atoms with Crippen LogP contribution in [0.1, 0.15) is 22.3 Å². The Morgan fingerprint density at radius 1 is 0.556 bits per heavy atom. The molecule has 92 valence electrons. The molecular weight excluding hydrogens is 256 g/mol. The zero-order chi connectivity index (χ0) is 12.9. The molecule has 0 aliphatic carbocycles. The summed E-state index contributed by atoms with van der Waals surface area (Å²) in [6.45, 7) is 8.78. The Balaban J connectivity index is 2.28. The Bertz CT molecular complexity index is 585. The van der Waals surface area contributed by atoms with Gasteiger partial charge in [0.05, 0.1) is 0 Å². The van der Waals surface area contributed by atoms with Gasteiger partial charge in [0.25, 0.3) is 0 Å². The van der Waals surface area contributed by atoms with E-state index < -0.39 is 0 Å². The predicted octanol–water partition coefficient (Wildman–Crippen LogP) is 5.70. The average Bonchev–Trinajstić information content (AvgIpc) is 2.33. The molecule has 0 saturated heterocycles. The SMILES string of the molecule is Cc1cc2c(cc1C)-c1cc(C)c(C)cc1SS2. The van der Waals surface area contributed by atoms with E-state index >= 15 is 0 Å². The normalized spacial score (nSPS) is 13.1. The first kappa shape index (κ1) is 12.2. The first-order chi connectivity index (χ1) is 8.56. The van der Waals surface area contributed by atoms with E-state index in [1.165, 1.54) is 43.2 Å². The topological polar surface area (TPSA) is 0 Å². The highest BCUT2D eigenvalue weighted by atomic mass is 33.1. The first-order valence-electron chi connectivity index (χ1n) is 6.13. The molecule has 0 amide bonds. The summed E-state index contributed by atoms with van der Waals surface area (Å²) < 4.78 is 0. The van der Waals surface area contributed by atoms with Crippen LogP contribution in [0, 0.1) is 27.7 Å². The smallest absolute Gasteiger partial charge is 0.0268 e. The molecule has 18 heavy (non-hydrogen) atoms. The van der Waals surface area contributed by atoms with Gasteiger partial charge in [0, 0.05) is 9.79 Å². The van der Waals surface area contributed by atoms with Gasteiger partial charge in [0.1, 0.15) is 0 Å². The lowest BCUT2D eigenvalue weighted by Crippen LogP contribution is -1.95. The van der Waals surface area contributed by atoms with Crippen molar-refractivity contribution >= 4 is 21.6 Å². The third-order valence-corrected chi connectivity index (χ3v) is 6.15. The van der Waals surface area contributed by atoms with E-state index in [-0.39, 0.29) is 0 Å². The Morgan fingerprint density at radius 2 is 0.889 bits per heavy atom. The maximum absolute atomic E-state index is 2.34. The van der Waals surface area contributed by atoms with Crippen LogP contribution in [0.4, 0.5) is 0 Å². The van der Waals surface area contributed by atoms with Crippen LogP contribution in [0.25, 0.3) is 11.1 Å². The molecule has 0 saturated carbocycles. The van der Waals surface area contributed by atoms with E-state index in [0.29, 0.717) is 0 Å². The van der Waals surface area contributed by atoms with Crippen LogP contribution in [0.15, 0.2) is 34.1 Å². The van der Waals surface area contributed by atoms with Crippen molar-refractivity contribution in [2.45, 2.75) is 37.5 Å². The van der Waals surface area contributed by atoms with Crippen molar-refractivity contribution in [3.05, 3.63) is 46.5 Å². The van der Waals surface area contributed by atoms with Crippen molar-refractivity contribution in [1.82, 2.24) is 0 Å². The lowest BCUT2D eigenvalue weighted by atomic mass is 9.97. The molecule has 2 heteroatoms. The van der Waals surface area contributed by atoms with Gasteiger partial charge in [0.2, 0.25) is 0 Å². The van der Waals surface area contributed by atoms with Gasteiger partial charge in [-0.3, -0.25) is 0 Å². The molecule has 3 rings (SSSR count).